The van der Waals surface area contributed by atoms with Crippen molar-refractivity contribution in [2.45, 2.75) is 19.1 Å². The zero-order chi connectivity index (χ0) is 19.5. The van der Waals surface area contributed by atoms with E-state index >= 15 is 0 Å². The summed E-state index contributed by atoms with van der Waals surface area (Å²) >= 11 is 0. The zero-order valence-electron chi connectivity index (χ0n) is 13.3. The van der Waals surface area contributed by atoms with Crippen LogP contribution >= 0.6 is 0 Å². The Bertz CT molecular complexity index is 637. The molecule has 7 nitrogen and oxygen atoms in total. The minimum Gasteiger partial charge on any atom is -0.493 e. The van der Waals surface area contributed by atoms with Gasteiger partial charge in [0, 0.05) is 6.07 Å². The molecule has 0 spiro atoms. The molecule has 25 heavy (non-hydrogen) atoms. The van der Waals surface area contributed by atoms with Crippen molar-refractivity contribution in [3.63, 3.8) is 0 Å². The van der Waals surface area contributed by atoms with Gasteiger partial charge in [-0.1, -0.05) is 17.2 Å². The molecule has 1 aromatic rings. The standard InChI is InChI=1S/C11H11N3O3.C4H5F3O/c1-2-5-12-11(17)9-3-6-14(13-8-9)7-4-10(15)16;1-3(8-2)4(5,6)7/h1,3,6,8H,4-5,7H2,(H-,12,15,16,17);1H2,2H3/p+1. The maximum Gasteiger partial charge on any atom is 0.448 e. The molecule has 0 bridgehead atoms. The number of allylic oxidation sites excluding steroid dienone is 1. The van der Waals surface area contributed by atoms with Gasteiger partial charge in [-0.15, -0.1) is 6.42 Å². The number of alkyl halides is 3. The summed E-state index contributed by atoms with van der Waals surface area (Å²) in [5.74, 6) is -0.0775. The highest BCUT2D eigenvalue weighted by molar-refractivity contribution is 5.93. The molecule has 136 valence electrons. The molecular formula is C15H17F3N3O4+. The highest BCUT2D eigenvalue weighted by Crippen LogP contribution is 2.23. The minimum absolute atomic E-state index is 0.0136. The monoisotopic (exact) mass is 360 g/mol. The smallest absolute Gasteiger partial charge is 0.448 e. The van der Waals surface area contributed by atoms with Gasteiger partial charge in [0.15, 0.2) is 18.5 Å². The summed E-state index contributed by atoms with van der Waals surface area (Å²) in [5.41, 5.74) is 0.381. The van der Waals surface area contributed by atoms with Gasteiger partial charge in [0.2, 0.25) is 0 Å². The summed E-state index contributed by atoms with van der Waals surface area (Å²) in [4.78, 5) is 21.8. The van der Waals surface area contributed by atoms with Crippen LogP contribution in [-0.4, -0.2) is 41.9 Å². The second-order valence-corrected chi connectivity index (χ2v) is 4.33. The van der Waals surface area contributed by atoms with E-state index in [4.69, 9.17) is 11.5 Å². The fourth-order valence-electron chi connectivity index (χ4n) is 1.21. The van der Waals surface area contributed by atoms with Crippen LogP contribution in [0.5, 0.6) is 0 Å². The number of terminal acetylenes is 1. The highest BCUT2D eigenvalue weighted by atomic mass is 19.4. The van der Waals surface area contributed by atoms with Crippen LogP contribution in [0, 0.1) is 12.3 Å². The largest absolute Gasteiger partial charge is 0.493 e. The minimum atomic E-state index is -4.41. The Hall–Kier alpha value is -3.09. The molecule has 10 heteroatoms. The van der Waals surface area contributed by atoms with Gasteiger partial charge in [0.1, 0.15) is 12.6 Å². The number of aromatic nitrogens is 2. The Morgan fingerprint density at radius 1 is 1.52 bits per heavy atom. The van der Waals surface area contributed by atoms with Crippen molar-refractivity contribution in [1.82, 2.24) is 10.4 Å². The van der Waals surface area contributed by atoms with Crippen molar-refractivity contribution in [1.29, 1.82) is 0 Å². The summed E-state index contributed by atoms with van der Waals surface area (Å²) in [6, 6.07) is 1.56. The Morgan fingerprint density at radius 2 is 2.16 bits per heavy atom. The number of aliphatic carboxylic acids is 1. The van der Waals surface area contributed by atoms with Gasteiger partial charge in [0.05, 0.1) is 19.2 Å². The third-order valence-electron chi connectivity index (χ3n) is 2.50. The van der Waals surface area contributed by atoms with Crippen LogP contribution in [0.2, 0.25) is 0 Å². The first-order chi connectivity index (χ1) is 11.6. The summed E-state index contributed by atoms with van der Waals surface area (Å²) in [6.45, 7) is 3.02. The predicted octanol–water partition coefficient (Wildman–Crippen LogP) is 0.916. The number of carbonyl (C=O) groups is 2. The molecule has 1 aromatic heterocycles. The van der Waals surface area contributed by atoms with Crippen molar-refractivity contribution in [3.05, 3.63) is 36.4 Å². The molecule has 0 atom stereocenters. The summed E-state index contributed by atoms with van der Waals surface area (Å²) in [5, 5.41) is 14.9. The van der Waals surface area contributed by atoms with Crippen LogP contribution < -0.4 is 10.00 Å². The number of nitrogens with one attached hydrogen (secondary N) is 1. The van der Waals surface area contributed by atoms with Crippen molar-refractivity contribution in [2.24, 2.45) is 0 Å². The van der Waals surface area contributed by atoms with E-state index in [0.717, 1.165) is 7.11 Å². The number of ether oxygens (including phenoxy) is 1. The quantitative estimate of drug-likeness (QED) is 0.447. The number of aryl methyl sites for hydroxylation is 1. The molecule has 0 aliphatic rings. The lowest BCUT2D eigenvalue weighted by molar-refractivity contribution is -0.753. The number of hydrogen-bond donors (Lipinski definition) is 2. The maximum atomic E-state index is 11.4. The number of rotatable bonds is 6. The molecule has 0 aliphatic carbocycles. The molecule has 0 radical (unpaired) electrons. The van der Waals surface area contributed by atoms with Gasteiger partial charge in [-0.2, -0.15) is 13.2 Å². The lowest BCUT2D eigenvalue weighted by atomic mass is 10.3. The van der Waals surface area contributed by atoms with E-state index in [0.29, 0.717) is 5.56 Å². The van der Waals surface area contributed by atoms with Crippen LogP contribution in [0.25, 0.3) is 0 Å². The van der Waals surface area contributed by atoms with Gasteiger partial charge in [-0.3, -0.25) is 9.59 Å². The second kappa shape index (κ2) is 10.6. The van der Waals surface area contributed by atoms with E-state index in [9.17, 15) is 22.8 Å². The van der Waals surface area contributed by atoms with Crippen LogP contribution in [-0.2, 0) is 16.1 Å². The molecule has 0 saturated carbocycles. The highest BCUT2D eigenvalue weighted by Gasteiger charge is 2.33. The molecule has 1 amide bonds. The average molecular weight is 360 g/mol. The third-order valence-corrected chi connectivity index (χ3v) is 2.50. The average Bonchev–Trinajstić information content (AvgIpc) is 2.57. The number of carbonyl (C=O) groups excluding carboxylic acids is 1. The second-order valence-electron chi connectivity index (χ2n) is 4.33. The topological polar surface area (TPSA) is 92.4 Å². The summed E-state index contributed by atoms with van der Waals surface area (Å²) < 4.78 is 38.9. The van der Waals surface area contributed by atoms with E-state index in [1.807, 2.05) is 0 Å². The van der Waals surface area contributed by atoms with Gasteiger partial charge in [-0.25, -0.2) is 0 Å². The normalized spacial score (nSPS) is 9.88. The number of methoxy groups -OCH3 is 1. The molecule has 0 aromatic carbocycles. The molecular weight excluding hydrogens is 343 g/mol. The van der Waals surface area contributed by atoms with Crippen molar-refractivity contribution >= 4 is 11.9 Å². The maximum absolute atomic E-state index is 11.4. The third kappa shape index (κ3) is 9.60. The van der Waals surface area contributed by atoms with Crippen molar-refractivity contribution in [2.75, 3.05) is 13.7 Å². The lowest BCUT2D eigenvalue weighted by Gasteiger charge is -2.06. The van der Waals surface area contributed by atoms with Crippen LogP contribution in [0.4, 0.5) is 13.2 Å². The number of amides is 1. The molecule has 1 rings (SSSR count). The van der Waals surface area contributed by atoms with E-state index in [1.165, 1.54) is 10.9 Å². The van der Waals surface area contributed by atoms with Crippen molar-refractivity contribution in [3.8, 4) is 12.3 Å². The van der Waals surface area contributed by atoms with E-state index in [-0.39, 0.29) is 25.4 Å². The van der Waals surface area contributed by atoms with E-state index in [1.54, 1.807) is 12.3 Å². The van der Waals surface area contributed by atoms with Crippen LogP contribution in [0.1, 0.15) is 16.8 Å². The predicted molar refractivity (Wildman–Crippen MR) is 80.1 cm³/mol. The van der Waals surface area contributed by atoms with Gasteiger partial charge in [-0.05, 0) is 5.10 Å². The summed E-state index contributed by atoms with van der Waals surface area (Å²) in [7, 11) is 0.926. The first-order valence-corrected chi connectivity index (χ1v) is 6.71. The zero-order valence-corrected chi connectivity index (χ0v) is 13.3. The van der Waals surface area contributed by atoms with E-state index in [2.05, 4.69) is 27.7 Å². The fraction of sp³-hybridized carbons (Fsp3) is 0.333. The molecule has 0 saturated heterocycles. The van der Waals surface area contributed by atoms with Gasteiger partial charge < -0.3 is 15.2 Å². The number of carboxylic acids is 1. The molecule has 2 N–H and O–H groups in total. The number of nitrogens with zero attached hydrogens (tertiary/aromatic N) is 2. The lowest BCUT2D eigenvalue weighted by Crippen LogP contribution is -2.39. The molecule has 0 unspecified atom stereocenters. The Morgan fingerprint density at radius 3 is 2.52 bits per heavy atom. The SMILES string of the molecule is C#CCNC(=O)c1cc[n+](CCC(=O)O)nc1.C=C(OC)C(F)(F)F. The molecule has 0 aliphatic heterocycles. The summed E-state index contributed by atoms with van der Waals surface area (Å²) in [6.07, 6.45) is 3.50. The van der Waals surface area contributed by atoms with Gasteiger partial charge in [0.25, 0.3) is 5.91 Å². The Balaban J connectivity index is 0.000000609. The Labute approximate surface area is 142 Å². The van der Waals surface area contributed by atoms with Crippen molar-refractivity contribution < 1.29 is 37.3 Å². The van der Waals surface area contributed by atoms with Gasteiger partial charge >= 0.3 is 12.1 Å². The number of hydrogen-bond acceptors (Lipinski definition) is 4. The fourth-order valence-corrected chi connectivity index (χ4v) is 1.21. The number of halogens is 3. The molecule has 0 fully saturated rings. The first kappa shape index (κ1) is 21.9. The van der Waals surface area contributed by atoms with Crippen LogP contribution in [0.15, 0.2) is 30.8 Å². The van der Waals surface area contributed by atoms with E-state index < -0.39 is 17.9 Å². The van der Waals surface area contributed by atoms with Crippen LogP contribution in [0.3, 0.4) is 0 Å². The number of carboxylic acid groups (broad SMARTS) is 1. The Kier molecular flexibility index (Phi) is 9.33. The molecule has 1 heterocycles. The first-order valence-electron chi connectivity index (χ1n) is 6.71.